The highest BCUT2D eigenvalue weighted by Gasteiger charge is 2.11. The summed E-state index contributed by atoms with van der Waals surface area (Å²) in [6.07, 6.45) is 0. The number of urea groups is 1. The molecule has 0 spiro atoms. The van der Waals surface area contributed by atoms with Gasteiger partial charge in [0.25, 0.3) is 0 Å². The fourth-order valence-corrected chi connectivity index (χ4v) is 4.46. The van der Waals surface area contributed by atoms with Crippen molar-refractivity contribution in [2.45, 2.75) is 11.8 Å². The third kappa shape index (κ3) is 5.24. The smallest absolute Gasteiger partial charge is 0.323 e. The lowest BCUT2D eigenvalue weighted by atomic mass is 10.2. The first-order valence-corrected chi connectivity index (χ1v) is 11.4. The van der Waals surface area contributed by atoms with Crippen molar-refractivity contribution in [1.29, 1.82) is 0 Å². The van der Waals surface area contributed by atoms with Crippen molar-refractivity contribution in [2.24, 2.45) is 0 Å². The molecule has 4 aromatic rings. The van der Waals surface area contributed by atoms with Crippen LogP contribution in [0.15, 0.2) is 65.6 Å². The number of aromatic nitrogens is 1. The molecule has 1 heterocycles. The number of amides is 2. The molecule has 164 valence electrons. The van der Waals surface area contributed by atoms with E-state index in [9.17, 15) is 4.79 Å². The van der Waals surface area contributed by atoms with Crippen LogP contribution in [0.3, 0.4) is 0 Å². The predicted molar refractivity (Wildman–Crippen MR) is 132 cm³/mol. The number of fused-ring (bicyclic) bond motifs is 1. The summed E-state index contributed by atoms with van der Waals surface area (Å²) in [5, 5.41) is 6.43. The number of carbonyl (C=O) groups excluding carboxylic acids is 1. The SMILES string of the molecule is COc1ccc(NC(=O)Nc2ccc3sc(NSc4ccc(C)cc4)nc3c2)c(OC)c1. The molecule has 0 bridgehead atoms. The molecule has 0 aliphatic heterocycles. The van der Waals surface area contributed by atoms with Crippen LogP contribution in [0.2, 0.25) is 0 Å². The Morgan fingerprint density at radius 1 is 0.969 bits per heavy atom. The Morgan fingerprint density at radius 3 is 2.53 bits per heavy atom. The maximum absolute atomic E-state index is 12.5. The molecule has 2 amide bonds. The number of methoxy groups -OCH3 is 2. The number of nitrogens with one attached hydrogen (secondary N) is 3. The second kappa shape index (κ2) is 9.80. The van der Waals surface area contributed by atoms with E-state index in [0.717, 1.165) is 20.2 Å². The minimum Gasteiger partial charge on any atom is -0.497 e. The number of anilines is 3. The van der Waals surface area contributed by atoms with Gasteiger partial charge in [-0.05, 0) is 61.3 Å². The second-order valence-corrected chi connectivity index (χ2v) is 8.77. The lowest BCUT2D eigenvalue weighted by Gasteiger charge is -2.12. The van der Waals surface area contributed by atoms with Crippen LogP contribution in [0.5, 0.6) is 11.5 Å². The highest BCUT2D eigenvalue weighted by Crippen LogP contribution is 2.32. The van der Waals surface area contributed by atoms with Crippen LogP contribution in [0.4, 0.5) is 21.3 Å². The molecule has 4 rings (SSSR count). The zero-order valence-electron chi connectivity index (χ0n) is 17.8. The molecule has 0 unspecified atom stereocenters. The van der Waals surface area contributed by atoms with Gasteiger partial charge in [-0.3, -0.25) is 0 Å². The van der Waals surface area contributed by atoms with Gasteiger partial charge in [-0.2, -0.15) is 0 Å². The minimum absolute atomic E-state index is 0.378. The van der Waals surface area contributed by atoms with Crippen molar-refractivity contribution in [2.75, 3.05) is 29.6 Å². The van der Waals surface area contributed by atoms with Crippen LogP contribution >= 0.6 is 23.3 Å². The molecule has 0 fully saturated rings. The Morgan fingerprint density at radius 2 is 1.78 bits per heavy atom. The topological polar surface area (TPSA) is 84.5 Å². The van der Waals surface area contributed by atoms with Gasteiger partial charge >= 0.3 is 6.03 Å². The van der Waals surface area contributed by atoms with Crippen LogP contribution < -0.4 is 24.8 Å². The maximum atomic E-state index is 12.5. The van der Waals surface area contributed by atoms with E-state index in [4.69, 9.17) is 9.47 Å². The molecule has 0 aliphatic rings. The first-order valence-electron chi connectivity index (χ1n) is 9.74. The summed E-state index contributed by atoms with van der Waals surface area (Å²) in [4.78, 5) is 18.2. The maximum Gasteiger partial charge on any atom is 0.323 e. The average molecular weight is 467 g/mol. The monoisotopic (exact) mass is 466 g/mol. The molecule has 0 atom stereocenters. The molecule has 0 radical (unpaired) electrons. The fraction of sp³-hybridized carbons (Fsp3) is 0.130. The van der Waals surface area contributed by atoms with E-state index in [2.05, 4.69) is 51.5 Å². The zero-order chi connectivity index (χ0) is 22.5. The van der Waals surface area contributed by atoms with E-state index in [-0.39, 0.29) is 6.03 Å². The Kier molecular flexibility index (Phi) is 6.67. The number of benzene rings is 3. The second-order valence-electron chi connectivity index (χ2n) is 6.86. The number of rotatable bonds is 7. The Bertz CT molecular complexity index is 1240. The molecule has 7 nitrogen and oxygen atoms in total. The number of nitrogens with zero attached hydrogens (tertiary/aromatic N) is 1. The first-order chi connectivity index (χ1) is 15.5. The summed E-state index contributed by atoms with van der Waals surface area (Å²) < 4.78 is 14.8. The lowest BCUT2D eigenvalue weighted by Crippen LogP contribution is -2.19. The lowest BCUT2D eigenvalue weighted by molar-refractivity contribution is 0.262. The van der Waals surface area contributed by atoms with Crippen molar-refractivity contribution >= 4 is 56.0 Å². The molecule has 3 aromatic carbocycles. The van der Waals surface area contributed by atoms with Crippen molar-refractivity contribution in [3.8, 4) is 11.5 Å². The molecule has 3 N–H and O–H groups in total. The summed E-state index contributed by atoms with van der Waals surface area (Å²) in [6.45, 7) is 2.06. The number of hydrogen-bond donors (Lipinski definition) is 3. The number of aryl methyl sites for hydroxylation is 1. The zero-order valence-corrected chi connectivity index (χ0v) is 19.4. The Hall–Kier alpha value is -3.43. The standard InChI is InChI=1S/C23H22N4O3S2/c1-14-4-8-17(9-5-14)32-27-23-26-19-12-15(6-11-21(19)31-23)24-22(28)25-18-10-7-16(29-2)13-20(18)30-3/h4-13H,1-3H3,(H,26,27)(H2,24,25,28). The van der Waals surface area contributed by atoms with E-state index in [0.29, 0.717) is 22.9 Å². The van der Waals surface area contributed by atoms with Gasteiger partial charge in [0.15, 0.2) is 5.13 Å². The van der Waals surface area contributed by atoms with Crippen LogP contribution in [0.1, 0.15) is 5.56 Å². The van der Waals surface area contributed by atoms with Crippen LogP contribution in [0, 0.1) is 6.92 Å². The van der Waals surface area contributed by atoms with Crippen molar-refractivity contribution < 1.29 is 14.3 Å². The van der Waals surface area contributed by atoms with Crippen molar-refractivity contribution in [3.05, 3.63) is 66.2 Å². The number of carbonyl (C=O) groups is 1. The highest BCUT2D eigenvalue weighted by atomic mass is 32.2. The van der Waals surface area contributed by atoms with E-state index in [1.807, 2.05) is 18.2 Å². The number of thiazole rings is 1. The summed E-state index contributed by atoms with van der Waals surface area (Å²) in [5.74, 6) is 1.16. The van der Waals surface area contributed by atoms with E-state index >= 15 is 0 Å². The molecular weight excluding hydrogens is 444 g/mol. The predicted octanol–water partition coefficient (Wildman–Crippen LogP) is 6.39. The van der Waals surface area contributed by atoms with Crippen LogP contribution in [0.25, 0.3) is 10.2 Å². The normalized spacial score (nSPS) is 10.6. The van der Waals surface area contributed by atoms with Gasteiger partial charge in [0.2, 0.25) is 0 Å². The third-order valence-electron chi connectivity index (χ3n) is 4.58. The number of ether oxygens (including phenoxy) is 2. The average Bonchev–Trinajstić information content (AvgIpc) is 3.21. The molecule has 0 saturated heterocycles. The third-order valence-corrected chi connectivity index (χ3v) is 6.46. The van der Waals surface area contributed by atoms with Gasteiger partial charge in [0.1, 0.15) is 11.5 Å². The summed E-state index contributed by atoms with van der Waals surface area (Å²) in [7, 11) is 3.11. The van der Waals surface area contributed by atoms with E-state index < -0.39 is 0 Å². The summed E-state index contributed by atoms with van der Waals surface area (Å²) >= 11 is 3.08. The van der Waals surface area contributed by atoms with Crippen molar-refractivity contribution in [1.82, 2.24) is 4.98 Å². The molecule has 0 saturated carbocycles. The Labute approximate surface area is 194 Å². The minimum atomic E-state index is -0.378. The van der Waals surface area contributed by atoms with Gasteiger partial charge in [0, 0.05) is 16.6 Å². The van der Waals surface area contributed by atoms with Crippen molar-refractivity contribution in [3.63, 3.8) is 0 Å². The first kappa shape index (κ1) is 21.8. The largest absolute Gasteiger partial charge is 0.497 e. The van der Waals surface area contributed by atoms with Gasteiger partial charge in [-0.15, -0.1) is 0 Å². The van der Waals surface area contributed by atoms with Crippen LogP contribution in [-0.2, 0) is 0 Å². The Balaban J connectivity index is 1.41. The summed E-state index contributed by atoms with van der Waals surface area (Å²) in [6, 6.07) is 18.7. The summed E-state index contributed by atoms with van der Waals surface area (Å²) in [5.41, 5.74) is 3.22. The molecule has 1 aromatic heterocycles. The van der Waals surface area contributed by atoms with Crippen LogP contribution in [-0.4, -0.2) is 25.2 Å². The quantitative estimate of drug-likeness (QED) is 0.274. The van der Waals surface area contributed by atoms with Gasteiger partial charge < -0.3 is 24.8 Å². The number of hydrogen-bond acceptors (Lipinski definition) is 7. The highest BCUT2D eigenvalue weighted by molar-refractivity contribution is 8.00. The molecular formula is C23H22N4O3S2. The van der Waals surface area contributed by atoms with E-state index in [1.54, 1.807) is 36.6 Å². The molecule has 0 aliphatic carbocycles. The van der Waals surface area contributed by atoms with Gasteiger partial charge in [-0.1, -0.05) is 29.0 Å². The fourth-order valence-electron chi connectivity index (χ4n) is 2.94. The van der Waals surface area contributed by atoms with Gasteiger partial charge in [-0.25, -0.2) is 9.78 Å². The molecule has 9 heteroatoms. The molecule has 32 heavy (non-hydrogen) atoms. The van der Waals surface area contributed by atoms with E-state index in [1.165, 1.54) is 24.6 Å². The van der Waals surface area contributed by atoms with Gasteiger partial charge in [0.05, 0.1) is 30.1 Å².